The minimum absolute atomic E-state index is 0.00881. The van der Waals surface area contributed by atoms with Crippen molar-refractivity contribution < 1.29 is 27.5 Å². The van der Waals surface area contributed by atoms with Crippen LogP contribution in [-0.4, -0.2) is 26.6 Å². The Balaban J connectivity index is 1.50. The first-order valence-electron chi connectivity index (χ1n) is 11.2. The number of ether oxygens (including phenoxy) is 1. The monoisotopic (exact) mass is 571 g/mol. The van der Waals surface area contributed by atoms with Crippen LogP contribution in [0, 0.1) is 0 Å². The van der Waals surface area contributed by atoms with Gasteiger partial charge in [-0.1, -0.05) is 41.9 Å². The highest BCUT2D eigenvalue weighted by molar-refractivity contribution is 7.21. The number of pyridine rings is 1. The standard InChI is InChI=1S/C26H17ClF3N5O3S/c27-15-6-8-16(9-7-15)38-13-35-11-10-18(34-35)24(37)33-21-20-17(14-4-2-1-3-5-14)12-19(26(28,29)30)32-25(20)39-22(21)23(31)36/h1-12H,13H2,(H2,31,36)(H,33,37). The molecule has 0 unspecified atom stereocenters. The van der Waals surface area contributed by atoms with Gasteiger partial charge in [-0.2, -0.15) is 18.3 Å². The number of carbonyl (C=O) groups is 2. The molecule has 39 heavy (non-hydrogen) atoms. The molecule has 8 nitrogen and oxygen atoms in total. The Kier molecular flexibility index (Phi) is 6.98. The van der Waals surface area contributed by atoms with Crippen molar-refractivity contribution >= 4 is 50.7 Å². The summed E-state index contributed by atoms with van der Waals surface area (Å²) in [6.07, 6.45) is -3.23. The second-order valence-corrected chi connectivity index (χ2v) is 9.63. The lowest BCUT2D eigenvalue weighted by molar-refractivity contribution is -0.140. The van der Waals surface area contributed by atoms with E-state index in [9.17, 15) is 22.8 Å². The van der Waals surface area contributed by atoms with Crippen LogP contribution >= 0.6 is 22.9 Å². The van der Waals surface area contributed by atoms with Crippen LogP contribution in [0.5, 0.6) is 5.75 Å². The number of aromatic nitrogens is 3. The molecule has 0 saturated carbocycles. The summed E-state index contributed by atoms with van der Waals surface area (Å²) in [7, 11) is 0. The van der Waals surface area contributed by atoms with Gasteiger partial charge in [0.1, 0.15) is 21.2 Å². The number of nitrogens with two attached hydrogens (primary N) is 1. The maximum Gasteiger partial charge on any atom is 0.433 e. The lowest BCUT2D eigenvalue weighted by Gasteiger charge is -2.12. The number of carbonyl (C=O) groups excluding carboxylic acids is 2. The zero-order valence-corrected chi connectivity index (χ0v) is 21.3. The van der Waals surface area contributed by atoms with E-state index in [2.05, 4.69) is 15.4 Å². The van der Waals surface area contributed by atoms with Gasteiger partial charge in [-0.3, -0.25) is 9.59 Å². The quantitative estimate of drug-likeness (QED) is 0.241. The maximum absolute atomic E-state index is 13.7. The van der Waals surface area contributed by atoms with E-state index in [4.69, 9.17) is 22.1 Å². The molecular formula is C26H17ClF3N5O3S. The lowest BCUT2D eigenvalue weighted by atomic mass is 10.0. The Hall–Kier alpha value is -4.42. The van der Waals surface area contributed by atoms with Crippen molar-refractivity contribution in [1.82, 2.24) is 14.8 Å². The number of nitrogens with one attached hydrogen (secondary N) is 1. The highest BCUT2D eigenvalue weighted by Crippen LogP contribution is 2.43. The number of nitrogens with zero attached hydrogens (tertiary/aromatic N) is 3. The van der Waals surface area contributed by atoms with Crippen molar-refractivity contribution in [3.63, 3.8) is 0 Å². The molecule has 3 N–H and O–H groups in total. The average molecular weight is 572 g/mol. The molecule has 13 heteroatoms. The molecule has 2 aromatic carbocycles. The van der Waals surface area contributed by atoms with E-state index in [1.165, 1.54) is 16.9 Å². The molecule has 3 heterocycles. The summed E-state index contributed by atoms with van der Waals surface area (Å²) in [5.41, 5.74) is 4.91. The van der Waals surface area contributed by atoms with Crippen LogP contribution < -0.4 is 15.8 Å². The number of halogens is 4. The summed E-state index contributed by atoms with van der Waals surface area (Å²) < 4.78 is 47.9. The summed E-state index contributed by atoms with van der Waals surface area (Å²) in [5, 5.41) is 7.50. The third-order valence-corrected chi connectivity index (χ3v) is 6.90. The van der Waals surface area contributed by atoms with Gasteiger partial charge in [-0.05, 0) is 47.5 Å². The van der Waals surface area contributed by atoms with Gasteiger partial charge in [0.15, 0.2) is 12.4 Å². The molecule has 0 fully saturated rings. The van der Waals surface area contributed by atoms with Gasteiger partial charge in [-0.15, -0.1) is 11.3 Å². The molecule has 5 rings (SSSR count). The Labute approximate surface area is 227 Å². The molecule has 5 aromatic rings. The SMILES string of the molecule is NC(=O)c1sc2nc(C(F)(F)F)cc(-c3ccccc3)c2c1NC(=O)c1ccn(COc2ccc(Cl)cc2)n1. The summed E-state index contributed by atoms with van der Waals surface area (Å²) >= 11 is 6.53. The summed E-state index contributed by atoms with van der Waals surface area (Å²) in [6.45, 7) is -0.00881. The predicted molar refractivity (Wildman–Crippen MR) is 141 cm³/mol. The highest BCUT2D eigenvalue weighted by Gasteiger charge is 2.35. The number of fused-ring (bicyclic) bond motifs is 1. The molecule has 0 aliphatic carbocycles. The number of thiophene rings is 1. The first-order chi connectivity index (χ1) is 18.6. The van der Waals surface area contributed by atoms with E-state index in [-0.39, 0.29) is 38.8 Å². The second kappa shape index (κ2) is 10.4. The van der Waals surface area contributed by atoms with Gasteiger partial charge in [0, 0.05) is 16.6 Å². The van der Waals surface area contributed by atoms with E-state index in [0.717, 1.165) is 6.07 Å². The molecule has 198 valence electrons. The third-order valence-electron chi connectivity index (χ3n) is 5.55. The van der Waals surface area contributed by atoms with Crippen molar-refractivity contribution in [2.45, 2.75) is 12.9 Å². The normalized spacial score (nSPS) is 11.5. The van der Waals surface area contributed by atoms with E-state index in [1.807, 2.05) is 0 Å². The van der Waals surface area contributed by atoms with Crippen molar-refractivity contribution in [2.24, 2.45) is 5.73 Å². The van der Waals surface area contributed by atoms with Gasteiger partial charge < -0.3 is 15.8 Å². The molecular weight excluding hydrogens is 555 g/mol. The van der Waals surface area contributed by atoms with Gasteiger partial charge in [0.05, 0.1) is 5.69 Å². The summed E-state index contributed by atoms with van der Waals surface area (Å²) in [6, 6.07) is 17.3. The minimum Gasteiger partial charge on any atom is -0.471 e. The van der Waals surface area contributed by atoms with Crippen molar-refractivity contribution in [1.29, 1.82) is 0 Å². The number of amides is 2. The molecule has 2 amide bonds. The molecule has 3 aromatic heterocycles. The fourth-order valence-corrected chi connectivity index (χ4v) is 4.92. The average Bonchev–Trinajstić information content (AvgIpc) is 3.53. The van der Waals surface area contributed by atoms with Gasteiger partial charge in [0.25, 0.3) is 11.8 Å². The second-order valence-electron chi connectivity index (χ2n) is 8.19. The Bertz CT molecular complexity index is 1690. The molecule has 0 saturated heterocycles. The summed E-state index contributed by atoms with van der Waals surface area (Å²) in [5.74, 6) is -1.10. The number of benzene rings is 2. The number of hydrogen-bond acceptors (Lipinski definition) is 6. The molecule has 0 aliphatic rings. The van der Waals surface area contributed by atoms with Crippen LogP contribution in [0.3, 0.4) is 0 Å². The molecule has 0 aliphatic heterocycles. The number of anilines is 1. The molecule has 0 spiro atoms. The van der Waals surface area contributed by atoms with Crippen LogP contribution in [0.2, 0.25) is 5.02 Å². The van der Waals surface area contributed by atoms with Crippen LogP contribution in [0.15, 0.2) is 72.9 Å². The van der Waals surface area contributed by atoms with Gasteiger partial charge in [-0.25, -0.2) is 9.67 Å². The fraction of sp³-hybridized carbons (Fsp3) is 0.0769. The third kappa shape index (κ3) is 5.56. The number of hydrogen-bond donors (Lipinski definition) is 2. The highest BCUT2D eigenvalue weighted by atomic mass is 35.5. The van der Waals surface area contributed by atoms with Crippen molar-refractivity contribution in [3.8, 4) is 16.9 Å². The Morgan fingerprint density at radius 1 is 1.08 bits per heavy atom. The molecule has 0 bridgehead atoms. The smallest absolute Gasteiger partial charge is 0.433 e. The van der Waals surface area contributed by atoms with Crippen molar-refractivity contribution in [3.05, 3.63) is 94.2 Å². The Morgan fingerprint density at radius 3 is 2.46 bits per heavy atom. The van der Waals surface area contributed by atoms with E-state index in [0.29, 0.717) is 27.7 Å². The first-order valence-corrected chi connectivity index (χ1v) is 12.4. The number of alkyl halides is 3. The zero-order valence-electron chi connectivity index (χ0n) is 19.7. The van der Waals surface area contributed by atoms with Gasteiger partial charge >= 0.3 is 6.18 Å². The lowest BCUT2D eigenvalue weighted by Crippen LogP contribution is -2.18. The van der Waals surface area contributed by atoms with Gasteiger partial charge in [0.2, 0.25) is 0 Å². The first kappa shape index (κ1) is 26.2. The van der Waals surface area contributed by atoms with E-state index >= 15 is 0 Å². The topological polar surface area (TPSA) is 112 Å². The Morgan fingerprint density at radius 2 is 1.79 bits per heavy atom. The van der Waals surface area contributed by atoms with Crippen LogP contribution in [-0.2, 0) is 12.9 Å². The maximum atomic E-state index is 13.7. The molecule has 0 atom stereocenters. The number of rotatable bonds is 7. The predicted octanol–water partition coefficient (Wildman–Crippen LogP) is 6.22. The van der Waals surface area contributed by atoms with Crippen LogP contribution in [0.25, 0.3) is 21.3 Å². The van der Waals surface area contributed by atoms with E-state index < -0.39 is 23.7 Å². The van der Waals surface area contributed by atoms with E-state index in [1.54, 1.807) is 54.6 Å². The van der Waals surface area contributed by atoms with Crippen LogP contribution in [0.1, 0.15) is 25.9 Å². The van der Waals surface area contributed by atoms with Crippen LogP contribution in [0.4, 0.5) is 18.9 Å². The minimum atomic E-state index is -4.74. The number of primary amides is 1. The largest absolute Gasteiger partial charge is 0.471 e. The summed E-state index contributed by atoms with van der Waals surface area (Å²) in [4.78, 5) is 28.9. The fourth-order valence-electron chi connectivity index (χ4n) is 3.79. The molecule has 0 radical (unpaired) electrons. The zero-order chi connectivity index (χ0) is 27.7. The van der Waals surface area contributed by atoms with Crippen molar-refractivity contribution in [2.75, 3.05) is 5.32 Å².